The third-order valence-electron chi connectivity index (χ3n) is 0. The van der Waals surface area contributed by atoms with Crippen molar-refractivity contribution >= 4 is 36.9 Å². The molecular formula is H2Li2Te2. The molecule has 0 spiro atoms. The molecule has 0 bridgehead atoms. The number of hydrogen-bond acceptors (Lipinski definition) is 0. The molecule has 0 aromatic carbocycles. The summed E-state index contributed by atoms with van der Waals surface area (Å²) in [6.45, 7) is 0. The third kappa shape index (κ3) is 8.84. The van der Waals surface area contributed by atoms with Crippen LogP contribution in [-0.2, 0) is 0 Å². The summed E-state index contributed by atoms with van der Waals surface area (Å²) in [7, 11) is 0. The molecule has 0 N–H and O–H groups in total. The zero-order valence-electron chi connectivity index (χ0n) is 4.82. The molecule has 0 saturated heterocycles. The van der Waals surface area contributed by atoms with E-state index in [1.54, 1.807) is 0 Å². The first kappa shape index (κ1) is 15.9. The van der Waals surface area contributed by atoms with Gasteiger partial charge < -0.3 is 2.85 Å². The maximum atomic E-state index is 1.96. The van der Waals surface area contributed by atoms with Crippen molar-refractivity contribution < 1.29 is 40.6 Å². The summed E-state index contributed by atoms with van der Waals surface area (Å²) in [5.41, 5.74) is 0. The fourth-order valence-electron chi connectivity index (χ4n) is 0. The van der Waals surface area contributed by atoms with Gasteiger partial charge in [0.2, 0.25) is 0 Å². The summed E-state index contributed by atoms with van der Waals surface area (Å²) in [4.78, 5) is 0. The Morgan fingerprint density at radius 2 is 1.00 bits per heavy atom. The molecule has 16 valence electrons. The van der Waals surface area contributed by atoms with Crippen molar-refractivity contribution in [1.29, 1.82) is 0 Å². The quantitative estimate of drug-likeness (QED) is 0.384. The molecule has 0 aromatic heterocycles. The molecule has 0 nitrogen and oxygen atoms in total. The molecule has 4 heavy (non-hydrogen) atoms. The summed E-state index contributed by atoms with van der Waals surface area (Å²) in [6, 6.07) is 0. The van der Waals surface area contributed by atoms with Gasteiger partial charge in [0, 0.05) is 0 Å². The Hall–Kier alpha value is 2.77. The van der Waals surface area contributed by atoms with Crippen LogP contribution in [0.4, 0.5) is 0 Å². The Balaban J connectivity index is -0.000000000833. The molecule has 2 radical (unpaired) electrons. The van der Waals surface area contributed by atoms with E-state index in [0.29, 0.717) is 0 Å². The van der Waals surface area contributed by atoms with Gasteiger partial charge in [0.15, 0.2) is 0 Å². The van der Waals surface area contributed by atoms with E-state index in [-0.39, 0.29) is 40.6 Å². The molecule has 0 amide bonds. The van der Waals surface area contributed by atoms with Gasteiger partial charge in [-0.25, -0.2) is 0 Å². The van der Waals surface area contributed by atoms with Crippen molar-refractivity contribution in [2.75, 3.05) is 0 Å². The molecule has 4 heteroatoms. The molecule has 0 atom stereocenters. The van der Waals surface area contributed by atoms with E-state index >= 15 is 0 Å². The number of hydrogen-bond donors (Lipinski definition) is 0. The molecule has 0 saturated carbocycles. The van der Waals surface area contributed by atoms with Crippen LogP contribution in [0.25, 0.3) is 0 Å². The van der Waals surface area contributed by atoms with Crippen molar-refractivity contribution in [3.8, 4) is 0 Å². The van der Waals surface area contributed by atoms with E-state index in [4.69, 9.17) is 0 Å². The van der Waals surface area contributed by atoms with Crippen LogP contribution in [0.15, 0.2) is 0 Å². The Labute approximate surface area is 76.2 Å². The summed E-state index contributed by atoms with van der Waals surface area (Å²) in [5, 5.41) is 0. The van der Waals surface area contributed by atoms with Gasteiger partial charge in [-0.1, -0.05) is 0 Å². The summed E-state index contributed by atoms with van der Waals surface area (Å²) < 4.78 is 0. The van der Waals surface area contributed by atoms with Crippen LogP contribution in [-0.4, -0.2) is 36.9 Å². The molecule has 0 aromatic rings. The zero-order valence-corrected chi connectivity index (χ0v) is 7.48. The number of rotatable bonds is 0. The summed E-state index contributed by atoms with van der Waals surface area (Å²) >= 11 is 3.92. The SMILES string of the molecule is [H-].[H-].[Li+].[Li+].[Te][Te]. The summed E-state index contributed by atoms with van der Waals surface area (Å²) in [5.74, 6) is 0. The van der Waals surface area contributed by atoms with Crippen LogP contribution < -0.4 is 37.7 Å². The van der Waals surface area contributed by atoms with Crippen LogP contribution in [0.2, 0.25) is 0 Å². The predicted octanol–water partition coefficient (Wildman–Crippen LogP) is -6.53. The van der Waals surface area contributed by atoms with Crippen LogP contribution in [0, 0.1) is 0 Å². The minimum atomic E-state index is 0. The van der Waals surface area contributed by atoms with Crippen LogP contribution in [0.1, 0.15) is 2.85 Å². The Bertz CT molecular complexity index is 9.51. The molecule has 0 fully saturated rings. The van der Waals surface area contributed by atoms with E-state index in [1.165, 1.54) is 0 Å². The van der Waals surface area contributed by atoms with E-state index in [2.05, 4.69) is 0 Å². The first-order valence-corrected chi connectivity index (χ1v) is 7.50. The molecule has 0 unspecified atom stereocenters. The fourth-order valence-corrected chi connectivity index (χ4v) is 0. The average molecular weight is 271 g/mol. The third-order valence-corrected chi connectivity index (χ3v) is 0. The predicted molar refractivity (Wildman–Crippen MR) is 13.7 cm³/mol. The van der Waals surface area contributed by atoms with Crippen LogP contribution >= 0.6 is 0 Å². The normalized spacial score (nSPS) is 1.50. The van der Waals surface area contributed by atoms with Gasteiger partial charge in [-0.3, -0.25) is 0 Å². The van der Waals surface area contributed by atoms with Gasteiger partial charge in [-0.15, -0.1) is 0 Å². The van der Waals surface area contributed by atoms with Crippen molar-refractivity contribution in [2.24, 2.45) is 0 Å². The van der Waals surface area contributed by atoms with Crippen molar-refractivity contribution in [3.05, 3.63) is 0 Å². The molecule has 0 heterocycles. The Kier molecular flexibility index (Phi) is 67.8. The van der Waals surface area contributed by atoms with E-state index < -0.39 is 0 Å². The van der Waals surface area contributed by atoms with Crippen molar-refractivity contribution in [2.45, 2.75) is 0 Å². The second-order valence-corrected chi connectivity index (χ2v) is 0. The molecule has 0 aliphatic heterocycles. The van der Waals surface area contributed by atoms with Crippen LogP contribution in [0.3, 0.4) is 0 Å². The minimum absolute atomic E-state index is 0. The standard InChI is InChI=1S/2Li.Te2.2H/c;;1-2;;/q2*+1;;2*-1. The topological polar surface area (TPSA) is 0 Å². The van der Waals surface area contributed by atoms with Crippen molar-refractivity contribution in [3.63, 3.8) is 0 Å². The Morgan fingerprint density at radius 3 is 1.00 bits per heavy atom. The zero-order chi connectivity index (χ0) is 2.00. The van der Waals surface area contributed by atoms with Gasteiger partial charge in [0.05, 0.1) is 0 Å². The van der Waals surface area contributed by atoms with Crippen molar-refractivity contribution in [1.82, 2.24) is 0 Å². The molecule has 0 aliphatic rings. The second-order valence-electron chi connectivity index (χ2n) is 0. The van der Waals surface area contributed by atoms with E-state index in [1.807, 2.05) is 36.9 Å². The monoisotopic (exact) mass is 276 g/mol. The molecule has 0 aliphatic carbocycles. The Morgan fingerprint density at radius 1 is 1.00 bits per heavy atom. The van der Waals surface area contributed by atoms with Gasteiger partial charge in [0.1, 0.15) is 0 Å². The molecule has 0 rings (SSSR count). The van der Waals surface area contributed by atoms with Gasteiger partial charge in [-0.2, -0.15) is 0 Å². The summed E-state index contributed by atoms with van der Waals surface area (Å²) in [6.07, 6.45) is 0. The molecular weight excluding hydrogens is 269 g/mol. The van der Waals surface area contributed by atoms with Crippen LogP contribution in [0.5, 0.6) is 0 Å². The average Bonchev–Trinajstić information content (AvgIpc) is 1.00. The van der Waals surface area contributed by atoms with Gasteiger partial charge in [0.25, 0.3) is 0 Å². The van der Waals surface area contributed by atoms with E-state index in [9.17, 15) is 0 Å². The van der Waals surface area contributed by atoms with Gasteiger partial charge in [-0.05, 0) is 0 Å². The first-order chi connectivity index (χ1) is 1.00. The second kappa shape index (κ2) is 17.1. The maximum absolute atomic E-state index is 1.96. The first-order valence-electron chi connectivity index (χ1n) is 0.167. The fraction of sp³-hybridized carbons (Fsp3) is 0. The van der Waals surface area contributed by atoms with Gasteiger partial charge >= 0.3 is 74.6 Å². The van der Waals surface area contributed by atoms with E-state index in [0.717, 1.165) is 0 Å².